The molecule has 2 fully saturated rings. The van der Waals surface area contributed by atoms with Crippen molar-refractivity contribution in [3.05, 3.63) is 40.7 Å². The zero-order chi connectivity index (χ0) is 26.6. The number of nitrogens with one attached hydrogen (secondary N) is 2. The topological polar surface area (TPSA) is 169 Å². The van der Waals surface area contributed by atoms with Crippen LogP contribution in [-0.4, -0.2) is 87.7 Å². The number of hydrogen-bond acceptors (Lipinski definition) is 11. The van der Waals surface area contributed by atoms with Gasteiger partial charge in [-0.3, -0.25) is 0 Å². The second kappa shape index (κ2) is 11.5. The number of fused-ring (bicyclic) bond motifs is 1. The van der Waals surface area contributed by atoms with Crippen LogP contribution in [0.15, 0.2) is 29.3 Å². The van der Waals surface area contributed by atoms with Gasteiger partial charge in [-0.2, -0.15) is 0 Å². The first kappa shape index (κ1) is 25.4. The molecule has 1 atom stereocenters. The first-order valence-corrected chi connectivity index (χ1v) is 15.3. The molecule has 2 aliphatic rings. The second-order valence-corrected chi connectivity index (χ2v) is 12.8. The summed E-state index contributed by atoms with van der Waals surface area (Å²) in [7, 11) is 0. The summed E-state index contributed by atoms with van der Waals surface area (Å²) in [6.45, 7) is 3.49. The van der Waals surface area contributed by atoms with Gasteiger partial charge in [0.25, 0.3) is 0 Å². The van der Waals surface area contributed by atoms with E-state index in [1.54, 1.807) is 6.20 Å². The summed E-state index contributed by atoms with van der Waals surface area (Å²) in [6.07, 6.45) is 8.97. The molecule has 0 spiro atoms. The molecule has 1 unspecified atom stereocenters. The molecule has 4 aromatic heterocycles. The predicted molar refractivity (Wildman–Crippen MR) is 147 cm³/mol. The monoisotopic (exact) mass is 588 g/mol. The average molecular weight is 589 g/mol. The van der Waals surface area contributed by atoms with Gasteiger partial charge in [0, 0.05) is 0 Å². The Morgan fingerprint density at radius 2 is 1.82 bits per heavy atom. The molecular weight excluding hydrogens is 559 g/mol. The van der Waals surface area contributed by atoms with Crippen LogP contribution in [0.1, 0.15) is 37.9 Å². The Morgan fingerprint density at radius 3 is 2.54 bits per heavy atom. The van der Waals surface area contributed by atoms with E-state index >= 15 is 0 Å². The van der Waals surface area contributed by atoms with Crippen LogP contribution in [-0.2, 0) is 6.42 Å². The van der Waals surface area contributed by atoms with Crippen molar-refractivity contribution >= 4 is 47.3 Å². The van der Waals surface area contributed by atoms with E-state index in [2.05, 4.69) is 63.8 Å². The van der Waals surface area contributed by atoms with Crippen molar-refractivity contribution in [2.45, 2.75) is 38.5 Å². The number of tetrazole rings is 1. The van der Waals surface area contributed by atoms with Gasteiger partial charge < -0.3 is 0 Å². The quantitative estimate of drug-likeness (QED) is 0.269. The molecule has 2 saturated heterocycles. The average Bonchev–Trinajstić information content (AvgIpc) is 3.48. The number of piperidine rings is 2. The molecule has 14 heteroatoms. The second-order valence-electron chi connectivity index (χ2n) is 10.1. The Kier molecular flexibility index (Phi) is 7.45. The van der Waals surface area contributed by atoms with Crippen molar-refractivity contribution in [2.75, 3.05) is 36.0 Å². The SMILES string of the molecule is N#CCC1CCN(c2nc([AsH]c3ccc(N4CCC(Cc5nn[nH]n5)CC4)nc3)c3c(=O)[nH]ncc3n2)CC1. The van der Waals surface area contributed by atoms with E-state index in [1.807, 2.05) is 6.20 Å². The molecular formula is C25H29AsN12O. The summed E-state index contributed by atoms with van der Waals surface area (Å²) >= 11 is -0.949. The van der Waals surface area contributed by atoms with Crippen LogP contribution in [0.4, 0.5) is 11.8 Å². The maximum absolute atomic E-state index is 12.7. The molecule has 2 N–H and O–H groups in total. The molecule has 0 saturated carbocycles. The molecule has 2 aliphatic heterocycles. The molecule has 200 valence electrons. The van der Waals surface area contributed by atoms with Crippen molar-refractivity contribution in [1.29, 1.82) is 5.26 Å². The number of aromatic amines is 2. The van der Waals surface area contributed by atoms with Crippen LogP contribution in [0.25, 0.3) is 10.9 Å². The Morgan fingerprint density at radius 1 is 1.03 bits per heavy atom. The number of pyridine rings is 1. The summed E-state index contributed by atoms with van der Waals surface area (Å²) in [5.41, 5.74) is 0.300. The standard InChI is InChI=1S/C25H29AsN12O/c27-8-3-16-4-11-38(12-5-16)25-30-19-15-29-34-24(39)22(19)23(31-25)26-18-1-2-21(28-14-18)37-9-6-17(7-10-37)13-20-32-35-36-33-20/h1-2,14-17,26H,3-7,9-13H2,(H,34,39)(H,32,33,35,36). The van der Waals surface area contributed by atoms with E-state index < -0.39 is 15.8 Å². The van der Waals surface area contributed by atoms with E-state index in [1.165, 1.54) is 0 Å². The fourth-order valence-corrected chi connectivity index (χ4v) is 7.66. The van der Waals surface area contributed by atoms with Gasteiger partial charge in [0.15, 0.2) is 0 Å². The van der Waals surface area contributed by atoms with E-state index in [9.17, 15) is 4.79 Å². The van der Waals surface area contributed by atoms with E-state index in [0.29, 0.717) is 35.1 Å². The van der Waals surface area contributed by atoms with Crippen LogP contribution in [0, 0.1) is 23.2 Å². The van der Waals surface area contributed by atoms with Crippen molar-refractivity contribution in [3.63, 3.8) is 0 Å². The predicted octanol–water partition coefficient (Wildman–Crippen LogP) is -0.402. The van der Waals surface area contributed by atoms with Crippen LogP contribution in [0.2, 0.25) is 0 Å². The Hall–Kier alpha value is -3.91. The minimum atomic E-state index is -0.949. The van der Waals surface area contributed by atoms with Crippen LogP contribution < -0.4 is 24.2 Å². The van der Waals surface area contributed by atoms with Crippen molar-refractivity contribution in [1.82, 2.24) is 45.8 Å². The fraction of sp³-hybridized carbons (Fsp3) is 0.480. The molecule has 0 bridgehead atoms. The van der Waals surface area contributed by atoms with Crippen LogP contribution in [0.3, 0.4) is 0 Å². The maximum atomic E-state index is 12.7. The molecule has 0 radical (unpaired) electrons. The molecule has 0 aliphatic carbocycles. The fourth-order valence-electron chi connectivity index (χ4n) is 5.37. The van der Waals surface area contributed by atoms with Crippen molar-refractivity contribution < 1.29 is 0 Å². The molecule has 6 rings (SSSR count). The van der Waals surface area contributed by atoms with Gasteiger partial charge in [-0.05, 0) is 0 Å². The number of H-pyrrole nitrogens is 2. The summed E-state index contributed by atoms with van der Waals surface area (Å²) in [5.74, 6) is 3.36. The third kappa shape index (κ3) is 5.76. The third-order valence-electron chi connectivity index (χ3n) is 7.59. The summed E-state index contributed by atoms with van der Waals surface area (Å²) in [5, 5.41) is 30.4. The van der Waals surface area contributed by atoms with Gasteiger partial charge in [0.05, 0.1) is 0 Å². The number of hydrogen-bond donors (Lipinski definition) is 2. The van der Waals surface area contributed by atoms with Gasteiger partial charge in [0.2, 0.25) is 0 Å². The van der Waals surface area contributed by atoms with Crippen LogP contribution >= 0.6 is 0 Å². The first-order chi connectivity index (χ1) is 19.2. The zero-order valence-electron chi connectivity index (χ0n) is 21.4. The van der Waals surface area contributed by atoms with Gasteiger partial charge in [-0.1, -0.05) is 0 Å². The van der Waals surface area contributed by atoms with Crippen molar-refractivity contribution in [2.24, 2.45) is 11.8 Å². The Balaban J connectivity index is 1.16. The zero-order valence-corrected chi connectivity index (χ0v) is 23.5. The molecule has 0 amide bonds. The van der Waals surface area contributed by atoms with E-state index in [0.717, 1.165) is 78.8 Å². The van der Waals surface area contributed by atoms with Crippen LogP contribution in [0.5, 0.6) is 0 Å². The van der Waals surface area contributed by atoms with Gasteiger partial charge in [0.1, 0.15) is 0 Å². The number of anilines is 2. The summed E-state index contributed by atoms with van der Waals surface area (Å²) in [4.78, 5) is 31.6. The normalized spacial score (nSPS) is 17.3. The minimum absolute atomic E-state index is 0.265. The van der Waals surface area contributed by atoms with E-state index in [-0.39, 0.29) is 5.56 Å². The Bertz CT molecular complexity index is 1500. The number of nitrogens with zero attached hydrogens (tertiary/aromatic N) is 10. The Labute approximate surface area is 231 Å². The molecule has 0 aromatic carbocycles. The molecule has 6 heterocycles. The number of rotatable bonds is 7. The summed E-state index contributed by atoms with van der Waals surface area (Å²) in [6, 6.07) is 6.48. The molecule has 13 nitrogen and oxygen atoms in total. The van der Waals surface area contributed by atoms with Gasteiger partial charge in [-0.25, -0.2) is 0 Å². The first-order valence-electron chi connectivity index (χ1n) is 13.2. The van der Waals surface area contributed by atoms with Crippen molar-refractivity contribution in [3.8, 4) is 6.07 Å². The number of aromatic nitrogens is 9. The molecule has 39 heavy (non-hydrogen) atoms. The third-order valence-corrected chi connectivity index (χ3v) is 10.1. The molecule has 4 aromatic rings. The van der Waals surface area contributed by atoms with Gasteiger partial charge in [-0.15, -0.1) is 0 Å². The summed E-state index contributed by atoms with van der Waals surface area (Å²) < 4.78 is 1.88. The number of nitriles is 1. The van der Waals surface area contributed by atoms with Gasteiger partial charge >= 0.3 is 231 Å². The van der Waals surface area contributed by atoms with E-state index in [4.69, 9.17) is 15.2 Å².